The second-order valence-electron chi connectivity index (χ2n) is 17.5. The van der Waals surface area contributed by atoms with E-state index < -0.39 is 5.41 Å². The smallest absolute Gasteiger partial charge is 0.160 e. The molecule has 0 saturated heterocycles. The van der Waals surface area contributed by atoms with E-state index in [0.29, 0.717) is 0 Å². The molecule has 1 aromatic heterocycles. The van der Waals surface area contributed by atoms with Gasteiger partial charge in [-0.15, -0.1) is 0 Å². The summed E-state index contributed by atoms with van der Waals surface area (Å²) in [5.74, 6) is 0. The Hall–Kier alpha value is -8.72. The highest BCUT2D eigenvalue weighted by Crippen LogP contribution is 2.58. The lowest BCUT2D eigenvalue weighted by molar-refractivity contribution is 0.673. The number of fused-ring (bicyclic) bond motifs is 8. The summed E-state index contributed by atoms with van der Waals surface area (Å²) in [6.07, 6.45) is 0. The second-order valence-corrected chi connectivity index (χ2v) is 17.5. The molecule has 13 rings (SSSR count). The van der Waals surface area contributed by atoms with Crippen LogP contribution < -0.4 is 4.90 Å². The molecule has 0 fully saturated rings. The summed E-state index contributed by atoms with van der Waals surface area (Å²) in [6, 6.07) is 94.8. The molecule has 0 bridgehead atoms. The average molecular weight is 854 g/mol. The van der Waals surface area contributed by atoms with Crippen LogP contribution in [0.2, 0.25) is 0 Å². The van der Waals surface area contributed by atoms with Crippen LogP contribution in [0.25, 0.3) is 77.2 Å². The van der Waals surface area contributed by atoms with E-state index in [0.717, 1.165) is 66.5 Å². The monoisotopic (exact) mass is 853 g/mol. The number of rotatable bonds is 8. The maximum atomic E-state index is 7.45. The van der Waals surface area contributed by atoms with Crippen molar-refractivity contribution in [2.75, 3.05) is 4.90 Å². The number of benzene rings is 11. The van der Waals surface area contributed by atoms with Crippen LogP contribution >= 0.6 is 0 Å². The number of hydrogen-bond acceptors (Lipinski definition) is 2. The summed E-state index contributed by atoms with van der Waals surface area (Å²) in [7, 11) is 0. The molecule has 1 heterocycles. The molecule has 2 heteroatoms. The third-order valence-electron chi connectivity index (χ3n) is 13.9. The Balaban J connectivity index is 1.12. The van der Waals surface area contributed by atoms with E-state index in [1.54, 1.807) is 0 Å². The fraction of sp³-hybridized carbons (Fsp3) is 0.0154. The molecule has 0 amide bonds. The summed E-state index contributed by atoms with van der Waals surface area (Å²) in [5.41, 5.74) is 18.6. The molecule has 0 atom stereocenters. The zero-order valence-corrected chi connectivity index (χ0v) is 36.7. The molecule has 0 unspecified atom stereocenters. The Morgan fingerprint density at radius 3 is 1.45 bits per heavy atom. The van der Waals surface area contributed by atoms with E-state index in [1.165, 1.54) is 50.1 Å². The minimum atomic E-state index is -0.564. The molecule has 0 spiro atoms. The predicted molar refractivity (Wildman–Crippen MR) is 280 cm³/mol. The van der Waals surface area contributed by atoms with Gasteiger partial charge < -0.3 is 9.32 Å². The fourth-order valence-electron chi connectivity index (χ4n) is 11.0. The van der Waals surface area contributed by atoms with Crippen molar-refractivity contribution in [3.8, 4) is 44.5 Å². The second kappa shape index (κ2) is 15.8. The van der Waals surface area contributed by atoms with Crippen molar-refractivity contribution in [3.63, 3.8) is 0 Å². The first kappa shape index (κ1) is 38.7. The Labute approximate surface area is 390 Å². The Morgan fingerprint density at radius 2 is 0.791 bits per heavy atom. The standard InChI is InChI=1S/C65H43NO/c1-6-20-44(21-7-1)45-34-36-50(37-35-45)66(51-38-39-55-54-31-18-19-33-59(54)65(60(55)42-51,48-26-12-4-13-27-48)49-28-14-5-15-29-49)61-41-40-52(46-22-8-2-9-23-46)62-58-43-57(47-24-10-3-11-25-47)53-30-16-17-32-56(53)63(58)67-64(61)62/h1-43H. The molecule has 11 aromatic carbocycles. The minimum absolute atomic E-state index is 0.564. The number of hydrogen-bond donors (Lipinski definition) is 0. The summed E-state index contributed by atoms with van der Waals surface area (Å²) < 4.78 is 7.45. The molecule has 0 saturated carbocycles. The molecular formula is C65H43NO. The fourth-order valence-corrected chi connectivity index (χ4v) is 11.0. The third kappa shape index (κ3) is 6.11. The average Bonchev–Trinajstić information content (AvgIpc) is 3.95. The van der Waals surface area contributed by atoms with E-state index in [2.05, 4.69) is 266 Å². The largest absolute Gasteiger partial charge is 0.453 e. The van der Waals surface area contributed by atoms with E-state index in [-0.39, 0.29) is 0 Å². The van der Waals surface area contributed by atoms with Gasteiger partial charge in [-0.1, -0.05) is 224 Å². The van der Waals surface area contributed by atoms with Crippen LogP contribution in [0.1, 0.15) is 22.3 Å². The topological polar surface area (TPSA) is 16.4 Å². The predicted octanol–water partition coefficient (Wildman–Crippen LogP) is 17.6. The lowest BCUT2D eigenvalue weighted by Gasteiger charge is -2.35. The molecule has 0 N–H and O–H groups in total. The summed E-state index contributed by atoms with van der Waals surface area (Å²) >= 11 is 0. The Bertz CT molecular complexity index is 3730. The highest BCUT2D eigenvalue weighted by Gasteiger charge is 2.46. The molecule has 2 nitrogen and oxygen atoms in total. The van der Waals surface area contributed by atoms with Gasteiger partial charge in [0.25, 0.3) is 0 Å². The molecule has 1 aliphatic rings. The van der Waals surface area contributed by atoms with Crippen molar-refractivity contribution in [2.24, 2.45) is 0 Å². The van der Waals surface area contributed by atoms with Crippen molar-refractivity contribution in [1.29, 1.82) is 0 Å². The van der Waals surface area contributed by atoms with Gasteiger partial charge in [-0.05, 0) is 109 Å². The van der Waals surface area contributed by atoms with Crippen molar-refractivity contribution in [3.05, 3.63) is 283 Å². The minimum Gasteiger partial charge on any atom is -0.453 e. The summed E-state index contributed by atoms with van der Waals surface area (Å²) in [4.78, 5) is 2.42. The first-order chi connectivity index (χ1) is 33.3. The van der Waals surface area contributed by atoms with Crippen molar-refractivity contribution in [1.82, 2.24) is 0 Å². The molecular weight excluding hydrogens is 811 g/mol. The summed E-state index contributed by atoms with van der Waals surface area (Å²) in [6.45, 7) is 0. The zero-order valence-electron chi connectivity index (χ0n) is 36.7. The first-order valence-corrected chi connectivity index (χ1v) is 23.1. The lowest BCUT2D eigenvalue weighted by Crippen LogP contribution is -2.28. The highest BCUT2D eigenvalue weighted by molar-refractivity contribution is 6.24. The van der Waals surface area contributed by atoms with Crippen LogP contribution in [-0.4, -0.2) is 0 Å². The van der Waals surface area contributed by atoms with Crippen LogP contribution in [-0.2, 0) is 5.41 Å². The Kier molecular flexibility index (Phi) is 9.11. The van der Waals surface area contributed by atoms with Crippen LogP contribution in [0.4, 0.5) is 17.1 Å². The molecule has 12 aromatic rings. The van der Waals surface area contributed by atoms with Gasteiger partial charge in [0, 0.05) is 27.5 Å². The number of anilines is 3. The van der Waals surface area contributed by atoms with Gasteiger partial charge in [0.1, 0.15) is 5.58 Å². The summed E-state index contributed by atoms with van der Waals surface area (Å²) in [5, 5.41) is 4.42. The SMILES string of the molecule is c1ccc(-c2ccc(N(c3ccc4c(c3)C(c3ccccc3)(c3ccccc3)c3ccccc3-4)c3ccc(-c4ccccc4)c4c3oc3c5ccccc5c(-c5ccccc5)cc34)cc2)cc1. The van der Waals surface area contributed by atoms with E-state index in [9.17, 15) is 0 Å². The number of furan rings is 1. The van der Waals surface area contributed by atoms with Crippen LogP contribution in [0.5, 0.6) is 0 Å². The van der Waals surface area contributed by atoms with Gasteiger partial charge in [-0.25, -0.2) is 0 Å². The van der Waals surface area contributed by atoms with Gasteiger partial charge in [0.05, 0.1) is 11.1 Å². The quantitative estimate of drug-likeness (QED) is 0.151. The van der Waals surface area contributed by atoms with Gasteiger partial charge in [-0.2, -0.15) is 0 Å². The van der Waals surface area contributed by atoms with Gasteiger partial charge in [0.15, 0.2) is 5.58 Å². The van der Waals surface area contributed by atoms with E-state index >= 15 is 0 Å². The van der Waals surface area contributed by atoms with Crippen molar-refractivity contribution >= 4 is 49.8 Å². The maximum absolute atomic E-state index is 7.45. The third-order valence-corrected chi connectivity index (χ3v) is 13.9. The first-order valence-electron chi connectivity index (χ1n) is 23.1. The van der Waals surface area contributed by atoms with Gasteiger partial charge in [-0.3, -0.25) is 0 Å². The number of nitrogens with zero attached hydrogens (tertiary/aromatic N) is 1. The van der Waals surface area contributed by atoms with Gasteiger partial charge >= 0.3 is 0 Å². The molecule has 0 radical (unpaired) electrons. The van der Waals surface area contributed by atoms with Crippen LogP contribution in [0, 0.1) is 0 Å². The highest BCUT2D eigenvalue weighted by atomic mass is 16.3. The van der Waals surface area contributed by atoms with Crippen molar-refractivity contribution in [2.45, 2.75) is 5.41 Å². The van der Waals surface area contributed by atoms with Crippen molar-refractivity contribution < 1.29 is 4.42 Å². The van der Waals surface area contributed by atoms with Crippen LogP contribution in [0.15, 0.2) is 265 Å². The normalized spacial score (nSPS) is 12.6. The molecule has 0 aliphatic heterocycles. The van der Waals surface area contributed by atoms with E-state index in [1.807, 2.05) is 0 Å². The molecule has 1 aliphatic carbocycles. The lowest BCUT2D eigenvalue weighted by atomic mass is 9.67. The van der Waals surface area contributed by atoms with Crippen LogP contribution in [0.3, 0.4) is 0 Å². The maximum Gasteiger partial charge on any atom is 0.160 e. The molecule has 67 heavy (non-hydrogen) atoms. The Morgan fingerprint density at radius 1 is 0.299 bits per heavy atom. The van der Waals surface area contributed by atoms with Gasteiger partial charge in [0.2, 0.25) is 0 Å². The zero-order chi connectivity index (χ0) is 44.3. The van der Waals surface area contributed by atoms with E-state index in [4.69, 9.17) is 4.42 Å². The molecule has 314 valence electrons.